The molecule has 1 aliphatic rings. The molecular weight excluding hydrogens is 432 g/mol. The van der Waals surface area contributed by atoms with E-state index in [9.17, 15) is 19.5 Å². The number of carbonyl (C=O) groups excluding carboxylic acids is 3. The van der Waals surface area contributed by atoms with Gasteiger partial charge in [0, 0.05) is 13.8 Å². The Kier molecular flexibility index (Phi) is 8.53. The highest BCUT2D eigenvalue weighted by molar-refractivity contribution is 5.89. The van der Waals surface area contributed by atoms with E-state index in [2.05, 4.69) is 0 Å². The molecule has 1 N–H and O–H groups in total. The molecule has 2 aromatic rings. The average Bonchev–Trinajstić information content (AvgIpc) is 2.80. The Hall–Kier alpha value is -3.27. The second kappa shape index (κ2) is 11.6. The third kappa shape index (κ3) is 6.85. The fraction of sp³-hybridized carbons (Fsp3) is 0.375. The van der Waals surface area contributed by atoms with Crippen LogP contribution >= 0.6 is 0 Å². The Morgan fingerprint density at radius 2 is 1.48 bits per heavy atom. The Morgan fingerprint density at radius 1 is 0.848 bits per heavy atom. The highest BCUT2D eigenvalue weighted by Gasteiger charge is 2.50. The molecule has 3 rings (SSSR count). The van der Waals surface area contributed by atoms with Crippen molar-refractivity contribution in [2.45, 2.75) is 51.2 Å². The fourth-order valence-corrected chi connectivity index (χ4v) is 3.41. The third-order valence-electron chi connectivity index (χ3n) is 4.90. The molecule has 9 heteroatoms. The van der Waals surface area contributed by atoms with Crippen molar-refractivity contribution in [3.63, 3.8) is 0 Å². The maximum Gasteiger partial charge on any atom is 0.338 e. The van der Waals surface area contributed by atoms with Crippen LogP contribution < -0.4 is 0 Å². The first-order valence-corrected chi connectivity index (χ1v) is 10.4. The van der Waals surface area contributed by atoms with E-state index in [-0.39, 0.29) is 18.8 Å². The van der Waals surface area contributed by atoms with E-state index in [1.165, 1.54) is 13.8 Å². The van der Waals surface area contributed by atoms with Crippen molar-refractivity contribution >= 4 is 17.9 Å². The van der Waals surface area contributed by atoms with Gasteiger partial charge >= 0.3 is 17.9 Å². The van der Waals surface area contributed by atoms with E-state index in [1.54, 1.807) is 30.3 Å². The lowest BCUT2D eigenvalue weighted by Crippen LogP contribution is -2.62. The molecule has 5 atom stereocenters. The van der Waals surface area contributed by atoms with Crippen molar-refractivity contribution in [1.29, 1.82) is 0 Å². The van der Waals surface area contributed by atoms with Crippen LogP contribution in [0.25, 0.3) is 0 Å². The number of ether oxygens (including phenoxy) is 5. The molecule has 2 aromatic carbocycles. The van der Waals surface area contributed by atoms with Crippen molar-refractivity contribution < 1.29 is 43.2 Å². The SMILES string of the molecule is CC(=O)OC[C@@H]1OC(O)[C@@H](OC(=O)c2ccccc2)[C@H](OCc2ccccc2)[C@H]1OC(C)=O. The van der Waals surface area contributed by atoms with Gasteiger partial charge in [0.05, 0.1) is 12.2 Å². The minimum Gasteiger partial charge on any atom is -0.463 e. The predicted octanol–water partition coefficient (Wildman–Crippen LogP) is 2.01. The lowest BCUT2D eigenvalue weighted by atomic mass is 9.98. The van der Waals surface area contributed by atoms with Gasteiger partial charge in [-0.1, -0.05) is 48.5 Å². The summed E-state index contributed by atoms with van der Waals surface area (Å²) in [6, 6.07) is 17.4. The van der Waals surface area contributed by atoms with Crippen LogP contribution in [0, 0.1) is 0 Å². The number of aliphatic hydroxyl groups is 1. The van der Waals surface area contributed by atoms with Gasteiger partial charge in [-0.25, -0.2) is 4.79 Å². The van der Waals surface area contributed by atoms with E-state index in [0.717, 1.165) is 5.56 Å². The molecule has 1 saturated heterocycles. The molecule has 0 bridgehead atoms. The standard InChI is InChI=1S/C24H26O9/c1-15(25)29-14-19-20(31-16(2)26)21(30-13-17-9-5-3-6-10-17)22(24(28)32-19)33-23(27)18-11-7-4-8-12-18/h3-12,19-22,24,28H,13-14H2,1-2H3/t19-,20-,21+,22-,24?/m0/s1. The summed E-state index contributed by atoms with van der Waals surface area (Å²) < 4.78 is 27.5. The zero-order valence-electron chi connectivity index (χ0n) is 18.3. The molecule has 0 spiro atoms. The zero-order chi connectivity index (χ0) is 23.8. The second-order valence-corrected chi connectivity index (χ2v) is 7.44. The van der Waals surface area contributed by atoms with Crippen LogP contribution in [0.2, 0.25) is 0 Å². The van der Waals surface area contributed by atoms with Crippen molar-refractivity contribution in [3.8, 4) is 0 Å². The molecule has 1 aliphatic heterocycles. The number of aliphatic hydroxyl groups excluding tert-OH is 1. The van der Waals surface area contributed by atoms with Gasteiger partial charge in [0.15, 0.2) is 18.5 Å². The van der Waals surface area contributed by atoms with E-state index in [1.807, 2.05) is 30.3 Å². The van der Waals surface area contributed by atoms with E-state index < -0.39 is 48.6 Å². The van der Waals surface area contributed by atoms with E-state index in [4.69, 9.17) is 23.7 Å². The highest BCUT2D eigenvalue weighted by atomic mass is 16.7. The van der Waals surface area contributed by atoms with Crippen molar-refractivity contribution in [2.24, 2.45) is 0 Å². The molecule has 176 valence electrons. The molecule has 1 heterocycles. The topological polar surface area (TPSA) is 118 Å². The Bertz CT molecular complexity index is 931. The number of rotatable bonds is 8. The smallest absolute Gasteiger partial charge is 0.338 e. The summed E-state index contributed by atoms with van der Waals surface area (Å²) in [7, 11) is 0. The normalized spacial score (nSPS) is 24.5. The van der Waals surface area contributed by atoms with Gasteiger partial charge in [-0.15, -0.1) is 0 Å². The molecule has 0 saturated carbocycles. The van der Waals surface area contributed by atoms with Crippen LogP contribution in [0.3, 0.4) is 0 Å². The summed E-state index contributed by atoms with van der Waals surface area (Å²) in [5, 5.41) is 10.7. The molecular formula is C24H26O9. The Morgan fingerprint density at radius 3 is 2.09 bits per heavy atom. The number of benzene rings is 2. The molecule has 33 heavy (non-hydrogen) atoms. The van der Waals surface area contributed by atoms with Crippen LogP contribution in [0.15, 0.2) is 60.7 Å². The quantitative estimate of drug-likeness (QED) is 0.468. The van der Waals surface area contributed by atoms with Crippen LogP contribution in [0.5, 0.6) is 0 Å². The summed E-state index contributed by atoms with van der Waals surface area (Å²) in [6.45, 7) is 2.20. The summed E-state index contributed by atoms with van der Waals surface area (Å²) >= 11 is 0. The van der Waals surface area contributed by atoms with Gasteiger partial charge in [0.2, 0.25) is 0 Å². The number of esters is 3. The first-order chi connectivity index (χ1) is 15.8. The molecule has 9 nitrogen and oxygen atoms in total. The van der Waals surface area contributed by atoms with Gasteiger partial charge in [0.25, 0.3) is 0 Å². The minimum atomic E-state index is -1.62. The lowest BCUT2D eigenvalue weighted by Gasteiger charge is -2.43. The van der Waals surface area contributed by atoms with Crippen molar-refractivity contribution in [2.75, 3.05) is 6.61 Å². The molecule has 0 amide bonds. The zero-order valence-corrected chi connectivity index (χ0v) is 18.3. The van der Waals surface area contributed by atoms with Crippen LogP contribution in [0.1, 0.15) is 29.8 Å². The van der Waals surface area contributed by atoms with Crippen molar-refractivity contribution in [1.82, 2.24) is 0 Å². The van der Waals surface area contributed by atoms with Gasteiger partial charge in [0.1, 0.15) is 18.8 Å². The van der Waals surface area contributed by atoms with Crippen LogP contribution in [-0.2, 0) is 39.9 Å². The van der Waals surface area contributed by atoms with Crippen molar-refractivity contribution in [3.05, 3.63) is 71.8 Å². The van der Waals surface area contributed by atoms with E-state index >= 15 is 0 Å². The molecule has 1 unspecified atom stereocenters. The molecule has 0 aliphatic carbocycles. The summed E-state index contributed by atoms with van der Waals surface area (Å²) in [5.41, 5.74) is 1.07. The minimum absolute atomic E-state index is 0.0790. The highest BCUT2D eigenvalue weighted by Crippen LogP contribution is 2.29. The maximum atomic E-state index is 12.7. The van der Waals surface area contributed by atoms with Gasteiger partial charge in [-0.05, 0) is 17.7 Å². The fourth-order valence-electron chi connectivity index (χ4n) is 3.41. The number of hydrogen-bond acceptors (Lipinski definition) is 9. The molecule has 1 fully saturated rings. The number of hydrogen-bond donors (Lipinski definition) is 1. The third-order valence-corrected chi connectivity index (χ3v) is 4.90. The van der Waals surface area contributed by atoms with Gasteiger partial charge in [-0.2, -0.15) is 0 Å². The van der Waals surface area contributed by atoms with E-state index in [0.29, 0.717) is 0 Å². The Balaban J connectivity index is 1.87. The first-order valence-electron chi connectivity index (χ1n) is 10.4. The second-order valence-electron chi connectivity index (χ2n) is 7.44. The molecule has 0 aromatic heterocycles. The van der Waals surface area contributed by atoms with Crippen LogP contribution in [-0.4, -0.2) is 60.3 Å². The number of carbonyl (C=O) groups is 3. The monoisotopic (exact) mass is 458 g/mol. The Labute approximate surface area is 191 Å². The predicted molar refractivity (Wildman–Crippen MR) is 114 cm³/mol. The molecule has 0 radical (unpaired) electrons. The summed E-state index contributed by atoms with van der Waals surface area (Å²) in [5.74, 6) is -1.93. The average molecular weight is 458 g/mol. The van der Waals surface area contributed by atoms with Gasteiger partial charge in [-0.3, -0.25) is 9.59 Å². The van der Waals surface area contributed by atoms with Gasteiger partial charge < -0.3 is 28.8 Å². The summed E-state index contributed by atoms with van der Waals surface area (Å²) in [6.07, 6.45) is -6.21. The largest absolute Gasteiger partial charge is 0.463 e. The first kappa shape index (κ1) is 24.4. The maximum absolute atomic E-state index is 12.7. The summed E-state index contributed by atoms with van der Waals surface area (Å²) in [4.78, 5) is 35.8. The van der Waals surface area contributed by atoms with Crippen LogP contribution in [0.4, 0.5) is 0 Å². The lowest BCUT2D eigenvalue weighted by molar-refractivity contribution is -0.298.